The van der Waals surface area contributed by atoms with Crippen LogP contribution in [0.15, 0.2) is 41.3 Å². The fourth-order valence-corrected chi connectivity index (χ4v) is 4.23. The highest BCUT2D eigenvalue weighted by Gasteiger charge is 2.26. The molecule has 0 bridgehead atoms. The van der Waals surface area contributed by atoms with Crippen molar-refractivity contribution in [3.8, 4) is 0 Å². The third-order valence-corrected chi connectivity index (χ3v) is 6.37. The van der Waals surface area contributed by atoms with Crippen molar-refractivity contribution < 1.29 is 22.1 Å². The molecule has 152 valence electrons. The second-order valence-corrected chi connectivity index (χ2v) is 8.00. The third kappa shape index (κ3) is 4.45. The van der Waals surface area contributed by atoms with E-state index in [1.807, 2.05) is 0 Å². The van der Waals surface area contributed by atoms with E-state index in [-0.39, 0.29) is 23.7 Å². The van der Waals surface area contributed by atoms with Crippen molar-refractivity contribution in [3.63, 3.8) is 0 Å². The average molecular weight is 413 g/mol. The number of anilines is 1. The first-order valence-electron chi connectivity index (χ1n) is 8.61. The Morgan fingerprint density at radius 3 is 2.29 bits per heavy atom. The number of nitrogens with zero attached hydrogens (tertiary/aromatic N) is 2. The van der Waals surface area contributed by atoms with Crippen molar-refractivity contribution in [3.05, 3.63) is 63.7 Å². The molecule has 1 atom stereocenters. The van der Waals surface area contributed by atoms with Gasteiger partial charge in [0.1, 0.15) is 5.69 Å². The number of halogens is 2. The molecule has 0 radical (unpaired) electrons. The number of nitro groups is 1. The van der Waals surface area contributed by atoms with Gasteiger partial charge in [0, 0.05) is 25.2 Å². The van der Waals surface area contributed by atoms with E-state index in [4.69, 9.17) is 0 Å². The Labute approximate surface area is 162 Å². The van der Waals surface area contributed by atoms with Crippen LogP contribution in [0.25, 0.3) is 0 Å². The van der Waals surface area contributed by atoms with E-state index >= 15 is 0 Å². The standard InChI is InChI=1S/C18H21F2N3O4S/c1-4-22(5-2)28(26,27)14-7-9-17(18(11-14)23(24)25)21-12(3)13-6-8-15(19)16(20)10-13/h6-12,21H,4-5H2,1-3H3/t12-/m0/s1. The lowest BCUT2D eigenvalue weighted by Crippen LogP contribution is -2.30. The summed E-state index contributed by atoms with van der Waals surface area (Å²) in [4.78, 5) is 10.6. The topological polar surface area (TPSA) is 92.6 Å². The molecule has 2 rings (SSSR count). The van der Waals surface area contributed by atoms with Gasteiger partial charge in [-0.3, -0.25) is 10.1 Å². The second kappa shape index (κ2) is 8.61. The Morgan fingerprint density at radius 1 is 1.11 bits per heavy atom. The van der Waals surface area contributed by atoms with E-state index < -0.39 is 38.3 Å². The van der Waals surface area contributed by atoms with E-state index in [2.05, 4.69) is 5.32 Å². The van der Waals surface area contributed by atoms with Gasteiger partial charge in [-0.15, -0.1) is 0 Å². The highest BCUT2D eigenvalue weighted by molar-refractivity contribution is 7.89. The SMILES string of the molecule is CCN(CC)S(=O)(=O)c1ccc(N[C@@H](C)c2ccc(F)c(F)c2)c([N+](=O)[O-])c1. The van der Waals surface area contributed by atoms with Gasteiger partial charge >= 0.3 is 0 Å². The first-order chi connectivity index (χ1) is 13.1. The maximum atomic E-state index is 13.4. The lowest BCUT2D eigenvalue weighted by atomic mass is 10.1. The molecule has 0 saturated carbocycles. The molecule has 0 aliphatic carbocycles. The summed E-state index contributed by atoms with van der Waals surface area (Å²) < 4.78 is 52.9. The van der Waals surface area contributed by atoms with Gasteiger partial charge in [0.25, 0.3) is 5.69 Å². The van der Waals surface area contributed by atoms with Crippen molar-refractivity contribution in [2.24, 2.45) is 0 Å². The van der Waals surface area contributed by atoms with E-state index in [0.29, 0.717) is 5.56 Å². The lowest BCUT2D eigenvalue weighted by Gasteiger charge is -2.19. The monoisotopic (exact) mass is 413 g/mol. The number of benzene rings is 2. The van der Waals surface area contributed by atoms with Gasteiger partial charge in [0.2, 0.25) is 10.0 Å². The van der Waals surface area contributed by atoms with E-state index in [9.17, 15) is 27.3 Å². The molecular weight excluding hydrogens is 392 g/mol. The Bertz CT molecular complexity index is 979. The first kappa shape index (κ1) is 21.7. The number of hydrogen-bond donors (Lipinski definition) is 1. The fourth-order valence-electron chi connectivity index (χ4n) is 2.76. The quantitative estimate of drug-likeness (QED) is 0.520. The average Bonchev–Trinajstić information content (AvgIpc) is 2.64. The fraction of sp³-hybridized carbons (Fsp3) is 0.333. The molecule has 0 unspecified atom stereocenters. The van der Waals surface area contributed by atoms with Crippen molar-refractivity contribution >= 4 is 21.4 Å². The number of sulfonamides is 1. The Hall–Kier alpha value is -2.59. The molecule has 0 amide bonds. The van der Waals surface area contributed by atoms with Crippen molar-refractivity contribution in [2.45, 2.75) is 31.7 Å². The summed E-state index contributed by atoms with van der Waals surface area (Å²) in [5.74, 6) is -2.02. The Balaban J connectivity index is 2.40. The normalized spacial score (nSPS) is 12.8. The van der Waals surface area contributed by atoms with Gasteiger partial charge in [-0.25, -0.2) is 17.2 Å². The van der Waals surface area contributed by atoms with Crippen LogP contribution < -0.4 is 5.32 Å². The molecule has 2 aromatic rings. The minimum absolute atomic E-state index is 0.0701. The van der Waals surface area contributed by atoms with Crippen molar-refractivity contribution in [1.29, 1.82) is 0 Å². The van der Waals surface area contributed by atoms with E-state index in [1.54, 1.807) is 20.8 Å². The largest absolute Gasteiger partial charge is 0.373 e. The number of nitrogens with one attached hydrogen (secondary N) is 1. The van der Waals surface area contributed by atoms with Crippen LogP contribution in [0.5, 0.6) is 0 Å². The minimum atomic E-state index is -3.86. The third-order valence-electron chi connectivity index (χ3n) is 4.32. The molecule has 0 saturated heterocycles. The van der Waals surface area contributed by atoms with E-state index in [0.717, 1.165) is 18.2 Å². The summed E-state index contributed by atoms with van der Waals surface area (Å²) in [6, 6.07) is 6.31. The molecular formula is C18H21F2N3O4S. The molecule has 0 fully saturated rings. The summed E-state index contributed by atoms with van der Waals surface area (Å²) in [5.41, 5.74) is 0.0245. The lowest BCUT2D eigenvalue weighted by molar-refractivity contribution is -0.384. The summed E-state index contributed by atoms with van der Waals surface area (Å²) in [7, 11) is -3.86. The molecule has 10 heteroatoms. The van der Waals surface area contributed by atoms with Crippen LogP contribution in [0.2, 0.25) is 0 Å². The molecule has 7 nitrogen and oxygen atoms in total. The maximum Gasteiger partial charge on any atom is 0.293 e. The highest BCUT2D eigenvalue weighted by Crippen LogP contribution is 2.32. The van der Waals surface area contributed by atoms with Crippen LogP contribution in [0, 0.1) is 21.7 Å². The molecule has 0 spiro atoms. The van der Waals surface area contributed by atoms with Gasteiger partial charge in [0.15, 0.2) is 11.6 Å². The van der Waals surface area contributed by atoms with Gasteiger partial charge < -0.3 is 5.32 Å². The zero-order valence-corrected chi connectivity index (χ0v) is 16.5. The van der Waals surface area contributed by atoms with Crippen LogP contribution in [0.4, 0.5) is 20.2 Å². The first-order valence-corrected chi connectivity index (χ1v) is 10.1. The smallest absolute Gasteiger partial charge is 0.293 e. The van der Waals surface area contributed by atoms with E-state index in [1.165, 1.54) is 22.5 Å². The van der Waals surface area contributed by atoms with Crippen LogP contribution >= 0.6 is 0 Å². The molecule has 0 aliphatic heterocycles. The van der Waals surface area contributed by atoms with Gasteiger partial charge in [0.05, 0.1) is 9.82 Å². The minimum Gasteiger partial charge on any atom is -0.373 e. The second-order valence-electron chi connectivity index (χ2n) is 6.06. The van der Waals surface area contributed by atoms with Crippen LogP contribution in [-0.4, -0.2) is 30.7 Å². The molecule has 0 aliphatic rings. The summed E-state index contributed by atoms with van der Waals surface area (Å²) in [6.07, 6.45) is 0. The van der Waals surface area contributed by atoms with Gasteiger partial charge in [-0.1, -0.05) is 19.9 Å². The van der Waals surface area contributed by atoms with Crippen LogP contribution in [-0.2, 0) is 10.0 Å². The Kier molecular flexibility index (Phi) is 6.68. The summed E-state index contributed by atoms with van der Waals surface area (Å²) in [6.45, 7) is 5.44. The van der Waals surface area contributed by atoms with Crippen molar-refractivity contribution in [1.82, 2.24) is 4.31 Å². The zero-order valence-electron chi connectivity index (χ0n) is 15.6. The zero-order chi connectivity index (χ0) is 21.1. The summed E-state index contributed by atoms with van der Waals surface area (Å²) in [5, 5.41) is 14.3. The Morgan fingerprint density at radius 2 is 1.75 bits per heavy atom. The van der Waals surface area contributed by atoms with Gasteiger partial charge in [-0.2, -0.15) is 4.31 Å². The van der Waals surface area contributed by atoms with Gasteiger partial charge in [-0.05, 0) is 36.8 Å². The number of nitro benzene ring substituents is 1. The molecule has 0 aromatic heterocycles. The molecule has 2 aromatic carbocycles. The molecule has 28 heavy (non-hydrogen) atoms. The summed E-state index contributed by atoms with van der Waals surface area (Å²) >= 11 is 0. The van der Waals surface area contributed by atoms with Crippen molar-refractivity contribution in [2.75, 3.05) is 18.4 Å². The predicted molar refractivity (Wildman–Crippen MR) is 102 cm³/mol. The maximum absolute atomic E-state index is 13.4. The van der Waals surface area contributed by atoms with Crippen LogP contribution in [0.1, 0.15) is 32.4 Å². The highest BCUT2D eigenvalue weighted by atomic mass is 32.2. The molecule has 1 N–H and O–H groups in total. The van der Waals surface area contributed by atoms with Crippen LogP contribution in [0.3, 0.4) is 0 Å². The number of rotatable bonds is 8. The predicted octanol–water partition coefficient (Wildman–Crippen LogP) is 4.08. The molecule has 0 heterocycles. The number of hydrogen-bond acceptors (Lipinski definition) is 5.